The molecule has 1 aromatic rings. The van der Waals surface area contributed by atoms with E-state index in [0.29, 0.717) is 11.6 Å². The molecule has 1 heterocycles. The second-order valence-electron chi connectivity index (χ2n) is 5.51. The van der Waals surface area contributed by atoms with Gasteiger partial charge in [-0.25, -0.2) is 4.39 Å². The number of hydrogen-bond acceptors (Lipinski definition) is 3. The van der Waals surface area contributed by atoms with E-state index < -0.39 is 6.10 Å². The third-order valence-corrected chi connectivity index (χ3v) is 4.02. The molecule has 0 spiro atoms. The molecule has 1 fully saturated rings. The Bertz CT molecular complexity index is 436. The van der Waals surface area contributed by atoms with Gasteiger partial charge < -0.3 is 14.9 Å². The standard InChI is InChI=1S/C15H23FN2O/c1-11(19)15-13(16)7-4-8-14(15)18(3)10-12-6-5-9-17(12)2/h4,7-8,11-12,19H,5-6,9-10H2,1-3H3/t11-,12?/m0/s1. The van der Waals surface area contributed by atoms with E-state index in [1.165, 1.54) is 18.9 Å². The van der Waals surface area contributed by atoms with Crippen molar-refractivity contribution in [3.8, 4) is 0 Å². The van der Waals surface area contributed by atoms with Gasteiger partial charge in [-0.2, -0.15) is 0 Å². The number of likely N-dealkylation sites (tertiary alicyclic amines) is 1. The predicted molar refractivity (Wildman–Crippen MR) is 76.0 cm³/mol. The van der Waals surface area contributed by atoms with Crippen LogP contribution < -0.4 is 4.90 Å². The first-order valence-electron chi connectivity index (χ1n) is 6.88. The van der Waals surface area contributed by atoms with E-state index in [1.54, 1.807) is 13.0 Å². The van der Waals surface area contributed by atoms with Gasteiger partial charge in [-0.3, -0.25) is 0 Å². The van der Waals surface area contributed by atoms with Crippen molar-refractivity contribution in [3.63, 3.8) is 0 Å². The molecule has 3 nitrogen and oxygen atoms in total. The van der Waals surface area contributed by atoms with Gasteiger partial charge in [0.1, 0.15) is 5.82 Å². The smallest absolute Gasteiger partial charge is 0.131 e. The SMILES string of the molecule is C[C@H](O)c1c(F)cccc1N(C)CC1CCCN1C. The van der Waals surface area contributed by atoms with Crippen LogP contribution in [0.25, 0.3) is 0 Å². The highest BCUT2D eigenvalue weighted by molar-refractivity contribution is 5.54. The van der Waals surface area contributed by atoms with Crippen molar-refractivity contribution in [2.24, 2.45) is 0 Å². The first-order chi connectivity index (χ1) is 9.00. The van der Waals surface area contributed by atoms with Crippen LogP contribution in [0.5, 0.6) is 0 Å². The van der Waals surface area contributed by atoms with E-state index in [0.717, 1.165) is 18.8 Å². The van der Waals surface area contributed by atoms with Crippen molar-refractivity contribution in [2.75, 3.05) is 32.1 Å². The Morgan fingerprint density at radius 2 is 2.26 bits per heavy atom. The second kappa shape index (κ2) is 5.88. The van der Waals surface area contributed by atoms with Crippen LogP contribution in [0.15, 0.2) is 18.2 Å². The van der Waals surface area contributed by atoms with Gasteiger partial charge in [0.2, 0.25) is 0 Å². The summed E-state index contributed by atoms with van der Waals surface area (Å²) in [5, 5.41) is 9.77. The average molecular weight is 266 g/mol. The molecule has 1 aliphatic heterocycles. The molecule has 19 heavy (non-hydrogen) atoms. The summed E-state index contributed by atoms with van der Waals surface area (Å²) in [4.78, 5) is 4.40. The molecule has 0 aromatic heterocycles. The summed E-state index contributed by atoms with van der Waals surface area (Å²) >= 11 is 0. The average Bonchev–Trinajstić information content (AvgIpc) is 2.74. The molecule has 0 radical (unpaired) electrons. The minimum atomic E-state index is -0.792. The summed E-state index contributed by atoms with van der Waals surface area (Å²) < 4.78 is 13.9. The lowest BCUT2D eigenvalue weighted by Crippen LogP contribution is -2.37. The highest BCUT2D eigenvalue weighted by Gasteiger charge is 2.24. The van der Waals surface area contributed by atoms with Crippen LogP contribution in [0.3, 0.4) is 0 Å². The van der Waals surface area contributed by atoms with Crippen molar-refractivity contribution >= 4 is 5.69 Å². The third kappa shape index (κ3) is 3.07. The maximum absolute atomic E-state index is 13.9. The lowest BCUT2D eigenvalue weighted by atomic mass is 10.1. The Labute approximate surface area is 114 Å². The normalized spacial score (nSPS) is 21.6. The second-order valence-corrected chi connectivity index (χ2v) is 5.51. The van der Waals surface area contributed by atoms with Gasteiger partial charge in [-0.1, -0.05) is 6.07 Å². The van der Waals surface area contributed by atoms with E-state index in [4.69, 9.17) is 0 Å². The Balaban J connectivity index is 2.19. The maximum atomic E-state index is 13.9. The van der Waals surface area contributed by atoms with Crippen LogP contribution in [-0.4, -0.2) is 43.2 Å². The maximum Gasteiger partial charge on any atom is 0.131 e. The number of anilines is 1. The number of aliphatic hydroxyl groups is 1. The number of nitrogens with zero attached hydrogens (tertiary/aromatic N) is 2. The van der Waals surface area contributed by atoms with Gasteiger partial charge >= 0.3 is 0 Å². The van der Waals surface area contributed by atoms with E-state index in [2.05, 4.69) is 16.8 Å². The fraction of sp³-hybridized carbons (Fsp3) is 0.600. The third-order valence-electron chi connectivity index (χ3n) is 4.02. The van der Waals surface area contributed by atoms with Crippen LogP contribution in [0, 0.1) is 5.82 Å². The van der Waals surface area contributed by atoms with Crippen LogP contribution in [0.1, 0.15) is 31.4 Å². The van der Waals surface area contributed by atoms with Crippen molar-refractivity contribution in [1.82, 2.24) is 4.90 Å². The van der Waals surface area contributed by atoms with Crippen molar-refractivity contribution in [2.45, 2.75) is 31.9 Å². The van der Waals surface area contributed by atoms with Gasteiger partial charge in [0.05, 0.1) is 6.10 Å². The molecule has 2 rings (SSSR count). The lowest BCUT2D eigenvalue weighted by Gasteiger charge is -2.29. The molecular formula is C15H23FN2O. The molecule has 106 valence electrons. The summed E-state index contributed by atoms with van der Waals surface area (Å²) in [5.74, 6) is -0.334. The quantitative estimate of drug-likeness (QED) is 0.906. The fourth-order valence-electron chi connectivity index (χ4n) is 2.90. The van der Waals surface area contributed by atoms with Gasteiger partial charge in [0, 0.05) is 30.9 Å². The number of rotatable bonds is 4. The largest absolute Gasteiger partial charge is 0.389 e. The molecule has 1 saturated heterocycles. The van der Waals surface area contributed by atoms with Gasteiger partial charge in [0.15, 0.2) is 0 Å². The molecule has 1 unspecified atom stereocenters. The summed E-state index contributed by atoms with van der Waals surface area (Å²) in [5.41, 5.74) is 1.18. The summed E-state index contributed by atoms with van der Waals surface area (Å²) in [7, 11) is 4.10. The minimum Gasteiger partial charge on any atom is -0.389 e. The molecule has 0 bridgehead atoms. The highest BCUT2D eigenvalue weighted by Crippen LogP contribution is 2.29. The van der Waals surface area contributed by atoms with Crippen molar-refractivity contribution in [3.05, 3.63) is 29.6 Å². The Kier molecular flexibility index (Phi) is 4.42. The zero-order chi connectivity index (χ0) is 14.0. The zero-order valence-electron chi connectivity index (χ0n) is 11.9. The predicted octanol–water partition coefficient (Wildman–Crippen LogP) is 2.41. The molecule has 0 saturated carbocycles. The number of likely N-dealkylation sites (N-methyl/N-ethyl adjacent to an activating group) is 2. The van der Waals surface area contributed by atoms with Crippen LogP contribution in [-0.2, 0) is 0 Å². The summed E-state index contributed by atoms with van der Waals surface area (Å²) in [6.07, 6.45) is 1.61. The molecule has 0 amide bonds. The number of benzene rings is 1. The van der Waals surface area contributed by atoms with Crippen molar-refractivity contribution < 1.29 is 9.50 Å². The number of aliphatic hydroxyl groups excluding tert-OH is 1. The molecule has 0 aliphatic carbocycles. The first kappa shape index (κ1) is 14.3. The monoisotopic (exact) mass is 266 g/mol. The van der Waals surface area contributed by atoms with Crippen LogP contribution in [0.4, 0.5) is 10.1 Å². The molecular weight excluding hydrogens is 243 g/mol. The summed E-state index contributed by atoms with van der Waals surface area (Å²) in [6.45, 7) is 3.60. The number of halogens is 1. The first-order valence-corrected chi connectivity index (χ1v) is 6.88. The van der Waals surface area contributed by atoms with Gasteiger partial charge in [-0.05, 0) is 45.5 Å². The van der Waals surface area contributed by atoms with Gasteiger partial charge in [-0.15, -0.1) is 0 Å². The number of hydrogen-bond donors (Lipinski definition) is 1. The Hall–Kier alpha value is -1.13. The zero-order valence-corrected chi connectivity index (χ0v) is 11.9. The molecule has 4 heteroatoms. The molecule has 2 atom stereocenters. The lowest BCUT2D eigenvalue weighted by molar-refractivity contribution is 0.194. The van der Waals surface area contributed by atoms with E-state index >= 15 is 0 Å². The highest BCUT2D eigenvalue weighted by atomic mass is 19.1. The van der Waals surface area contributed by atoms with E-state index in [1.807, 2.05) is 13.1 Å². The molecule has 1 aromatic carbocycles. The molecule has 1 aliphatic rings. The Morgan fingerprint density at radius 3 is 2.84 bits per heavy atom. The van der Waals surface area contributed by atoms with Crippen molar-refractivity contribution in [1.29, 1.82) is 0 Å². The topological polar surface area (TPSA) is 26.7 Å². The summed E-state index contributed by atoms with van der Waals surface area (Å²) in [6, 6.07) is 5.49. The van der Waals surface area contributed by atoms with Gasteiger partial charge in [0.25, 0.3) is 0 Å². The van der Waals surface area contributed by atoms with Crippen LogP contribution in [0.2, 0.25) is 0 Å². The molecule has 1 N–H and O–H groups in total. The van der Waals surface area contributed by atoms with Crippen LogP contribution >= 0.6 is 0 Å². The fourth-order valence-corrected chi connectivity index (χ4v) is 2.90. The van der Waals surface area contributed by atoms with E-state index in [9.17, 15) is 9.50 Å². The van der Waals surface area contributed by atoms with E-state index in [-0.39, 0.29) is 5.82 Å². The Morgan fingerprint density at radius 1 is 1.53 bits per heavy atom. The minimum absolute atomic E-state index is 0.334.